The minimum absolute atomic E-state index is 0.0291. The van der Waals surface area contributed by atoms with Crippen molar-refractivity contribution in [3.05, 3.63) is 24.3 Å². The molecule has 0 saturated carbocycles. The quantitative estimate of drug-likeness (QED) is 0.228. The average molecular weight is 1140 g/mol. The lowest BCUT2D eigenvalue weighted by atomic mass is 9.77. The highest BCUT2D eigenvalue weighted by molar-refractivity contribution is 5.70. The Hall–Kier alpha value is -1.73. The molecule has 0 aliphatic carbocycles. The summed E-state index contributed by atoms with van der Waals surface area (Å²) in [5.41, 5.74) is 1.46. The Labute approximate surface area is 476 Å². The zero-order valence-corrected chi connectivity index (χ0v) is 48.1. The summed E-state index contributed by atoms with van der Waals surface area (Å²) in [4.78, 5) is 14.6. The largest absolute Gasteiger partial charge is 0.459 e. The molecule has 3 N–H and O–H groups in total. The number of hydrogen-bond acceptors (Lipinski definition) is 19. The Morgan fingerprint density at radius 1 is 0.556 bits per heavy atom. The van der Waals surface area contributed by atoms with Crippen LogP contribution in [0.25, 0.3) is 0 Å². The van der Waals surface area contributed by atoms with Gasteiger partial charge in [-0.25, -0.2) is 0 Å². The lowest BCUT2D eigenvalue weighted by Crippen LogP contribution is -2.62. The number of carbonyl (C=O) groups is 1. The molecule has 10 bridgehead atoms. The smallest absolute Gasteiger partial charge is 0.308 e. The number of aliphatic hydroxyl groups is 3. The van der Waals surface area contributed by atoms with Gasteiger partial charge in [-0.2, -0.15) is 0 Å². The summed E-state index contributed by atoms with van der Waals surface area (Å²) >= 11 is 0. The maximum atomic E-state index is 14.6. The van der Waals surface area contributed by atoms with Crippen LogP contribution in [0.5, 0.6) is 0 Å². The first-order valence-electron chi connectivity index (χ1n) is 31.6. The molecule has 2 spiro atoms. The second kappa shape index (κ2) is 20.7. The molecule has 15 aliphatic heterocycles. The van der Waals surface area contributed by atoms with E-state index in [4.69, 9.17) is 71.1 Å². The predicted molar refractivity (Wildman–Crippen MR) is 283 cm³/mol. The fourth-order valence-corrected chi connectivity index (χ4v) is 18.8. The fourth-order valence-electron chi connectivity index (χ4n) is 18.8. The Morgan fingerprint density at radius 3 is 2.11 bits per heavy atom. The minimum atomic E-state index is -1.47. The van der Waals surface area contributed by atoms with Gasteiger partial charge in [-0.05, 0) is 80.8 Å². The van der Waals surface area contributed by atoms with Crippen LogP contribution in [-0.2, 0) is 75.8 Å². The summed E-state index contributed by atoms with van der Waals surface area (Å²) < 4.78 is 103. The molecule has 0 aromatic heterocycles. The van der Waals surface area contributed by atoms with Crippen molar-refractivity contribution in [2.24, 2.45) is 29.6 Å². The van der Waals surface area contributed by atoms with Crippen molar-refractivity contribution in [3.63, 3.8) is 0 Å². The lowest BCUT2D eigenvalue weighted by Gasteiger charge is -2.54. The van der Waals surface area contributed by atoms with E-state index in [1.54, 1.807) is 0 Å². The van der Waals surface area contributed by atoms with E-state index < -0.39 is 65.7 Å². The summed E-state index contributed by atoms with van der Waals surface area (Å²) in [5, 5.41) is 32.7. The first-order valence-corrected chi connectivity index (χ1v) is 31.6. The number of esters is 1. The monoisotopic (exact) mass is 1140 g/mol. The normalized spacial score (nSPS) is 58.0. The Morgan fingerprint density at radius 2 is 1.27 bits per heavy atom. The maximum Gasteiger partial charge on any atom is 0.308 e. The second-order valence-electron chi connectivity index (χ2n) is 28.7. The van der Waals surface area contributed by atoms with Gasteiger partial charge in [0.1, 0.15) is 24.4 Å². The van der Waals surface area contributed by atoms with Gasteiger partial charge < -0.3 is 86.4 Å². The molecule has 81 heavy (non-hydrogen) atoms. The third-order valence-corrected chi connectivity index (χ3v) is 22.6. The van der Waals surface area contributed by atoms with E-state index in [9.17, 15) is 20.1 Å². The molecule has 0 amide bonds. The number of ether oxygens (including phenoxy) is 15. The zero-order chi connectivity index (χ0) is 55.6. The molecule has 32 atom stereocenters. The van der Waals surface area contributed by atoms with Gasteiger partial charge in [0, 0.05) is 76.0 Å². The average Bonchev–Trinajstić information content (AvgIpc) is 4.46. The van der Waals surface area contributed by atoms with Crippen molar-refractivity contribution in [3.8, 4) is 0 Å². The van der Waals surface area contributed by atoms with Gasteiger partial charge in [-0.3, -0.25) is 4.79 Å². The van der Waals surface area contributed by atoms with Gasteiger partial charge in [0.2, 0.25) is 0 Å². The van der Waals surface area contributed by atoms with Gasteiger partial charge in [0.25, 0.3) is 0 Å². The minimum Gasteiger partial charge on any atom is -0.459 e. The van der Waals surface area contributed by atoms with E-state index in [0.29, 0.717) is 90.1 Å². The molecule has 0 unspecified atom stereocenters. The van der Waals surface area contributed by atoms with Gasteiger partial charge in [-0.15, -0.1) is 0 Å². The summed E-state index contributed by atoms with van der Waals surface area (Å²) in [6, 6.07) is 0. The van der Waals surface area contributed by atoms with Crippen LogP contribution in [0.4, 0.5) is 0 Å². The summed E-state index contributed by atoms with van der Waals surface area (Å²) in [6.07, 6.45) is 2.70. The topological polar surface area (TPSA) is 216 Å². The SMILES string of the molecule is C=C1C[C@@H]2CC[C@@]3(O)C[C@]4(C)C[C@@H]5O[C@H]6CC[C@H](CC(=O)O[C@@H]7[C@@H](C)[C@@H]8O[C@@H]9C[C@]%10(C[C@@H]%11O[C@]%12(C[C@H](C)[C@@H]%13O[C@@H]%14[C@@H]([C@@H](O)CO)CO[C@@H]%14C[C@@H]%13O%12)C[C@H](C)[C@@H]%11O%10)O[C@@H]9C[C@@H]8O[C@H]7C[C@H]7O[C@@H](CC[C@@H]1O2)C[C@@H](C)C7=C)O[C@@H]6[C@H](O3)[C@@H]5O4. The third-order valence-electron chi connectivity index (χ3n) is 22.6. The highest BCUT2D eigenvalue weighted by Crippen LogP contribution is 2.57. The van der Waals surface area contributed by atoms with Crippen molar-refractivity contribution >= 4 is 5.97 Å². The standard InChI is InChI=1S/C62H90O19/c1-28-14-34-8-10-39-29(2)15-36(68-39)12-13-60(66)27-59(7)22-48-57(79-59)58(80-60)56-40(71-48)11-9-35(70-56)16-50(65)74-54-33(6)53-45(72-44(54)17-41(69-34)32(28)5)18-42-47(73-53)23-62(76-42)24-49-52(81-62)31(4)21-61(78-49)20-30(3)51-46(77-61)19-43-55(75-51)37(26-67-43)38(64)25-63/h28,30-31,33-49,51-58,63-64,66H,2,5,8-27H2,1,3-4,6-7H3/t28-,30+,31+,33+,34+,35-,36+,37-,38+,39+,40+,41-,42-,43-,44+,45+,46+,47-,48+,49+,51+,52+,53+,54-,55-,56+,57-,58+,59+,60+,61-,62+/m1/s1. The molecule has 0 aromatic carbocycles. The molecule has 0 aromatic rings. The highest BCUT2D eigenvalue weighted by atomic mass is 16.8. The van der Waals surface area contributed by atoms with Crippen molar-refractivity contribution in [1.29, 1.82) is 0 Å². The van der Waals surface area contributed by atoms with E-state index in [2.05, 4.69) is 47.8 Å². The van der Waals surface area contributed by atoms with Crippen LogP contribution in [0.1, 0.15) is 150 Å². The first-order chi connectivity index (χ1) is 38.8. The van der Waals surface area contributed by atoms with Gasteiger partial charge >= 0.3 is 5.97 Å². The number of fused-ring (bicyclic) bond motifs is 13. The third kappa shape index (κ3) is 9.92. The summed E-state index contributed by atoms with van der Waals surface area (Å²) in [7, 11) is 0. The van der Waals surface area contributed by atoms with Crippen molar-refractivity contribution < 1.29 is 91.2 Å². The molecule has 0 radical (unpaired) electrons. The number of aliphatic hydroxyl groups excluding tert-OH is 2. The predicted octanol–water partition coefficient (Wildman–Crippen LogP) is 5.56. The number of carbonyl (C=O) groups excluding carboxylic acids is 1. The molecule has 19 nitrogen and oxygen atoms in total. The molecular formula is C62H90O19. The van der Waals surface area contributed by atoms with Crippen LogP contribution in [-0.4, -0.2) is 198 Å². The van der Waals surface area contributed by atoms with E-state index in [1.165, 1.54) is 0 Å². The highest BCUT2D eigenvalue weighted by Gasteiger charge is 2.67. The zero-order valence-electron chi connectivity index (χ0n) is 48.1. The van der Waals surface area contributed by atoms with Crippen molar-refractivity contribution in [2.45, 2.75) is 314 Å². The van der Waals surface area contributed by atoms with Crippen LogP contribution in [0.3, 0.4) is 0 Å². The van der Waals surface area contributed by atoms with E-state index in [0.717, 1.165) is 36.8 Å². The number of hydrogen-bond donors (Lipinski definition) is 3. The van der Waals surface area contributed by atoms with Gasteiger partial charge in [-0.1, -0.05) is 40.9 Å². The van der Waals surface area contributed by atoms with Gasteiger partial charge in [0.05, 0.1) is 141 Å². The molecule has 19 heteroatoms. The van der Waals surface area contributed by atoms with E-state index >= 15 is 0 Å². The lowest BCUT2D eigenvalue weighted by molar-refractivity contribution is -0.370. The maximum absolute atomic E-state index is 14.6. The summed E-state index contributed by atoms with van der Waals surface area (Å²) in [5.74, 6) is -3.67. The van der Waals surface area contributed by atoms with Crippen LogP contribution >= 0.6 is 0 Å². The van der Waals surface area contributed by atoms with E-state index in [1.807, 2.05) is 0 Å². The molecular weight excluding hydrogens is 1050 g/mol. The molecule has 15 heterocycles. The van der Waals surface area contributed by atoms with Crippen LogP contribution in [0, 0.1) is 29.6 Å². The summed E-state index contributed by atoms with van der Waals surface area (Å²) in [6.45, 7) is 19.9. The van der Waals surface area contributed by atoms with Crippen molar-refractivity contribution in [2.75, 3.05) is 13.2 Å². The second-order valence-corrected chi connectivity index (χ2v) is 28.7. The fraction of sp³-hybridized carbons (Fsp3) is 0.919. The molecule has 15 saturated heterocycles. The Balaban J connectivity index is 0.656. The number of rotatable bonds is 2. The van der Waals surface area contributed by atoms with Crippen molar-refractivity contribution in [1.82, 2.24) is 0 Å². The Kier molecular flexibility index (Phi) is 14.3. The van der Waals surface area contributed by atoms with E-state index in [-0.39, 0.29) is 146 Å². The van der Waals surface area contributed by atoms with Crippen LogP contribution in [0.2, 0.25) is 0 Å². The first kappa shape index (κ1) is 55.8. The molecule has 15 rings (SSSR count). The van der Waals surface area contributed by atoms with Crippen LogP contribution in [0.15, 0.2) is 24.3 Å². The molecule has 452 valence electrons. The Bertz CT molecular complexity index is 2410. The molecule has 15 fully saturated rings. The molecule has 15 aliphatic rings. The van der Waals surface area contributed by atoms with Gasteiger partial charge in [0.15, 0.2) is 17.4 Å². The van der Waals surface area contributed by atoms with Crippen LogP contribution < -0.4 is 0 Å².